The summed E-state index contributed by atoms with van der Waals surface area (Å²) < 4.78 is 11.8. The summed E-state index contributed by atoms with van der Waals surface area (Å²) in [5, 5.41) is 2.62. The number of ketones is 2. The number of hydrogen-bond donors (Lipinski definition) is 1. The fraction of sp³-hybridized carbons (Fsp3) is 0.625. The van der Waals surface area contributed by atoms with Crippen LogP contribution in [-0.4, -0.2) is 50.5 Å². The van der Waals surface area contributed by atoms with E-state index in [1.54, 1.807) is 41.5 Å². The highest BCUT2D eigenvalue weighted by Gasteiger charge is 2.26. The molecular formula is C24H37N3O6. The van der Waals surface area contributed by atoms with Gasteiger partial charge >= 0.3 is 12.2 Å². The van der Waals surface area contributed by atoms with Crippen LogP contribution >= 0.6 is 0 Å². The fourth-order valence-corrected chi connectivity index (χ4v) is 2.84. The van der Waals surface area contributed by atoms with Crippen molar-refractivity contribution in [1.82, 2.24) is 14.9 Å². The topological polar surface area (TPSA) is 117 Å². The number of amides is 1. The second kappa shape index (κ2) is 12.3. The number of aromatic nitrogens is 2. The van der Waals surface area contributed by atoms with E-state index >= 15 is 0 Å². The monoisotopic (exact) mass is 463 g/mol. The minimum atomic E-state index is -0.864. The highest BCUT2D eigenvalue weighted by atomic mass is 16.6. The Hall–Kier alpha value is -2.97. The molecule has 1 aromatic rings. The molecule has 1 aromatic heterocycles. The third-order valence-corrected chi connectivity index (χ3v) is 4.31. The molecule has 184 valence electrons. The maximum atomic E-state index is 12.9. The maximum absolute atomic E-state index is 12.9. The minimum absolute atomic E-state index is 0.0219. The summed E-state index contributed by atoms with van der Waals surface area (Å²) in [6.07, 6.45) is 5.49. The number of unbranched alkanes of at least 4 members (excludes halogenated alkanes) is 2. The molecule has 1 unspecified atom stereocenters. The van der Waals surface area contributed by atoms with Gasteiger partial charge < -0.3 is 14.8 Å². The van der Waals surface area contributed by atoms with Crippen molar-refractivity contribution >= 4 is 23.8 Å². The maximum Gasteiger partial charge on any atom is 0.419 e. The van der Waals surface area contributed by atoms with Crippen molar-refractivity contribution in [3.8, 4) is 0 Å². The first-order chi connectivity index (χ1) is 15.2. The van der Waals surface area contributed by atoms with E-state index in [2.05, 4.69) is 16.9 Å². The molecule has 33 heavy (non-hydrogen) atoms. The van der Waals surface area contributed by atoms with Gasteiger partial charge in [-0.1, -0.05) is 13.0 Å². The van der Waals surface area contributed by atoms with Crippen LogP contribution < -0.4 is 5.32 Å². The molecule has 1 N–H and O–H groups in total. The zero-order valence-corrected chi connectivity index (χ0v) is 20.6. The van der Waals surface area contributed by atoms with Gasteiger partial charge in [0.2, 0.25) is 0 Å². The van der Waals surface area contributed by atoms with Crippen molar-refractivity contribution in [1.29, 1.82) is 0 Å². The SMILES string of the molecule is C=CC(=O)CCCCCC(=O)C(Cc1cn(C(=O)OC(C)(C)C)cn1)NC(=O)OC(C)(C)C. The van der Waals surface area contributed by atoms with Crippen LogP contribution in [0.25, 0.3) is 0 Å². The van der Waals surface area contributed by atoms with Crippen LogP contribution in [0.1, 0.15) is 79.3 Å². The molecule has 0 aliphatic rings. The summed E-state index contributed by atoms with van der Waals surface area (Å²) in [6, 6.07) is -0.864. The second-order valence-electron chi connectivity index (χ2n) is 9.85. The number of hydrogen-bond acceptors (Lipinski definition) is 7. The molecule has 0 aromatic carbocycles. The van der Waals surface area contributed by atoms with E-state index in [1.165, 1.54) is 23.2 Å². The zero-order valence-electron chi connectivity index (χ0n) is 20.6. The molecule has 0 radical (unpaired) electrons. The van der Waals surface area contributed by atoms with Crippen LogP contribution in [0, 0.1) is 0 Å². The van der Waals surface area contributed by atoms with E-state index in [4.69, 9.17) is 9.47 Å². The normalized spacial score (nSPS) is 12.5. The van der Waals surface area contributed by atoms with Crippen LogP contribution in [0.4, 0.5) is 9.59 Å². The summed E-state index contributed by atoms with van der Waals surface area (Å²) in [7, 11) is 0. The lowest BCUT2D eigenvalue weighted by atomic mass is 10.0. The van der Waals surface area contributed by atoms with Gasteiger partial charge in [0, 0.05) is 25.5 Å². The van der Waals surface area contributed by atoms with E-state index in [-0.39, 0.29) is 24.4 Å². The number of imidazole rings is 1. The van der Waals surface area contributed by atoms with Crippen molar-refractivity contribution in [2.45, 2.75) is 97.3 Å². The number of ether oxygens (including phenoxy) is 2. The molecule has 0 bridgehead atoms. The molecule has 0 saturated carbocycles. The average Bonchev–Trinajstić information content (AvgIpc) is 3.12. The first-order valence-corrected chi connectivity index (χ1v) is 11.1. The van der Waals surface area contributed by atoms with E-state index in [0.29, 0.717) is 31.4 Å². The number of alkyl carbamates (subject to hydrolysis) is 1. The minimum Gasteiger partial charge on any atom is -0.444 e. The first-order valence-electron chi connectivity index (χ1n) is 11.1. The molecular weight excluding hydrogens is 426 g/mol. The van der Waals surface area contributed by atoms with Crippen LogP contribution in [-0.2, 0) is 25.5 Å². The van der Waals surface area contributed by atoms with Gasteiger partial charge in [-0.05, 0) is 60.5 Å². The number of carbonyl (C=O) groups is 4. The Labute approximate surface area is 195 Å². The van der Waals surface area contributed by atoms with Gasteiger partial charge in [0.05, 0.1) is 11.7 Å². The van der Waals surface area contributed by atoms with E-state index in [9.17, 15) is 19.2 Å². The van der Waals surface area contributed by atoms with E-state index < -0.39 is 29.4 Å². The molecule has 1 heterocycles. The lowest BCUT2D eigenvalue weighted by molar-refractivity contribution is -0.121. The van der Waals surface area contributed by atoms with Crippen LogP contribution in [0.5, 0.6) is 0 Å². The van der Waals surface area contributed by atoms with Crippen LogP contribution in [0.15, 0.2) is 25.2 Å². The standard InChI is InChI=1S/C24H37N3O6/c1-8-18(28)12-10-9-11-13-20(29)19(26-21(30)32-23(2,3)4)14-17-15-27(16-25-17)22(31)33-24(5,6)7/h8,15-16,19H,1,9-14H2,2-7H3,(H,26,30). The summed E-state index contributed by atoms with van der Waals surface area (Å²) in [4.78, 5) is 52.8. The molecule has 1 rings (SSSR count). The number of rotatable bonds is 11. The van der Waals surface area contributed by atoms with Gasteiger partial charge in [-0.15, -0.1) is 0 Å². The largest absolute Gasteiger partial charge is 0.444 e. The highest BCUT2D eigenvalue weighted by Crippen LogP contribution is 2.13. The average molecular weight is 464 g/mol. The number of nitrogens with zero attached hydrogens (tertiary/aromatic N) is 2. The number of Topliss-reactive ketones (excluding diaryl/α,β-unsaturated/α-hetero) is 1. The Kier molecular flexibility index (Phi) is 10.5. The first kappa shape index (κ1) is 28.1. The predicted molar refractivity (Wildman–Crippen MR) is 124 cm³/mol. The Morgan fingerprint density at radius 3 is 2.21 bits per heavy atom. The quantitative estimate of drug-likeness (QED) is 0.382. The molecule has 0 fully saturated rings. The zero-order chi connectivity index (χ0) is 25.2. The van der Waals surface area contributed by atoms with Gasteiger partial charge in [0.25, 0.3) is 0 Å². The van der Waals surface area contributed by atoms with Crippen molar-refractivity contribution < 1.29 is 28.7 Å². The van der Waals surface area contributed by atoms with Gasteiger partial charge in [-0.25, -0.2) is 19.1 Å². The fourth-order valence-electron chi connectivity index (χ4n) is 2.84. The Morgan fingerprint density at radius 1 is 1.03 bits per heavy atom. The molecule has 9 heteroatoms. The second-order valence-corrected chi connectivity index (χ2v) is 9.85. The van der Waals surface area contributed by atoms with Gasteiger partial charge in [0.1, 0.15) is 17.5 Å². The molecule has 0 aliphatic heterocycles. The third-order valence-electron chi connectivity index (χ3n) is 4.31. The lowest BCUT2D eigenvalue weighted by Crippen LogP contribution is -2.44. The van der Waals surface area contributed by atoms with Crippen LogP contribution in [0.3, 0.4) is 0 Å². The lowest BCUT2D eigenvalue weighted by Gasteiger charge is -2.23. The third kappa shape index (κ3) is 12.0. The summed E-state index contributed by atoms with van der Waals surface area (Å²) >= 11 is 0. The Morgan fingerprint density at radius 2 is 1.64 bits per heavy atom. The molecule has 1 amide bonds. The summed E-state index contributed by atoms with van der Waals surface area (Å²) in [5.74, 6) is -0.200. The van der Waals surface area contributed by atoms with Crippen molar-refractivity contribution in [3.63, 3.8) is 0 Å². The number of allylic oxidation sites excluding steroid dienone is 1. The summed E-state index contributed by atoms with van der Waals surface area (Å²) in [6.45, 7) is 13.9. The summed E-state index contributed by atoms with van der Waals surface area (Å²) in [5.41, 5.74) is -0.922. The van der Waals surface area contributed by atoms with Crippen molar-refractivity contribution in [2.24, 2.45) is 0 Å². The molecule has 0 saturated heterocycles. The predicted octanol–water partition coefficient (Wildman–Crippen LogP) is 4.38. The highest BCUT2D eigenvalue weighted by molar-refractivity contribution is 5.89. The molecule has 0 aliphatic carbocycles. The molecule has 1 atom stereocenters. The Bertz CT molecular complexity index is 845. The van der Waals surface area contributed by atoms with Crippen LogP contribution in [0.2, 0.25) is 0 Å². The van der Waals surface area contributed by atoms with Gasteiger partial charge in [-0.3, -0.25) is 9.59 Å². The molecule has 0 spiro atoms. The van der Waals surface area contributed by atoms with Gasteiger partial charge in [-0.2, -0.15) is 0 Å². The van der Waals surface area contributed by atoms with Crippen molar-refractivity contribution in [3.05, 3.63) is 30.9 Å². The smallest absolute Gasteiger partial charge is 0.419 e. The van der Waals surface area contributed by atoms with Gasteiger partial charge in [0.15, 0.2) is 11.6 Å². The number of nitrogens with one attached hydrogen (secondary N) is 1. The van der Waals surface area contributed by atoms with Crippen molar-refractivity contribution in [2.75, 3.05) is 0 Å². The van der Waals surface area contributed by atoms with E-state index in [0.717, 1.165) is 0 Å². The van der Waals surface area contributed by atoms with E-state index in [1.807, 2.05) is 0 Å². The molecule has 9 nitrogen and oxygen atoms in total. The Balaban J connectivity index is 2.81. The number of carbonyl (C=O) groups excluding carboxylic acids is 4.